The van der Waals surface area contributed by atoms with Gasteiger partial charge in [-0.2, -0.15) is 16.9 Å². The molecule has 1 atom stereocenters. The number of carbonyl (C=O) groups excluding carboxylic acids is 1. The average Bonchev–Trinajstić information content (AvgIpc) is 2.97. The number of hydrogen-bond acceptors (Lipinski definition) is 4. The lowest BCUT2D eigenvalue weighted by molar-refractivity contribution is -0.132. The number of aromatic nitrogens is 2. The first kappa shape index (κ1) is 15.9. The van der Waals surface area contributed by atoms with Crippen molar-refractivity contribution in [3.05, 3.63) is 18.0 Å². The Hall–Kier alpha value is -1.50. The second-order valence-corrected chi connectivity index (χ2v) is 6.65. The molecule has 1 saturated heterocycles. The van der Waals surface area contributed by atoms with Crippen LogP contribution in [0.2, 0.25) is 0 Å². The van der Waals surface area contributed by atoms with Crippen molar-refractivity contribution in [1.29, 1.82) is 0 Å². The van der Waals surface area contributed by atoms with Crippen LogP contribution in [0.25, 0.3) is 0 Å². The Morgan fingerprint density at radius 3 is 2.67 bits per heavy atom. The number of rotatable bonds is 5. The van der Waals surface area contributed by atoms with Crippen LogP contribution in [0.3, 0.4) is 0 Å². The molecule has 0 radical (unpaired) electrons. The first-order valence-corrected chi connectivity index (χ1v) is 8.38. The lowest BCUT2D eigenvalue weighted by atomic mass is 10.0. The lowest BCUT2D eigenvalue weighted by Gasteiger charge is -2.32. The van der Waals surface area contributed by atoms with E-state index in [4.69, 9.17) is 5.11 Å². The maximum atomic E-state index is 12.1. The van der Waals surface area contributed by atoms with Gasteiger partial charge in [0, 0.05) is 31.0 Å². The third kappa shape index (κ3) is 4.00. The predicted molar refractivity (Wildman–Crippen MR) is 81.6 cm³/mol. The third-order valence-corrected chi connectivity index (χ3v) is 4.88. The highest BCUT2D eigenvalue weighted by Crippen LogP contribution is 2.23. The number of carbonyl (C=O) groups is 2. The Kier molecular flexibility index (Phi) is 5.27. The molecule has 1 aliphatic heterocycles. The Labute approximate surface area is 128 Å². The van der Waals surface area contributed by atoms with Gasteiger partial charge in [-0.15, -0.1) is 0 Å². The minimum Gasteiger partial charge on any atom is -0.478 e. The fraction of sp³-hybridized carbons (Fsp3) is 0.643. The molecule has 1 fully saturated rings. The van der Waals surface area contributed by atoms with Crippen molar-refractivity contribution in [3.63, 3.8) is 0 Å². The number of amides is 1. The van der Waals surface area contributed by atoms with Crippen LogP contribution in [0.1, 0.15) is 42.6 Å². The molecular weight excluding hydrogens is 290 g/mol. The second kappa shape index (κ2) is 6.98. The zero-order valence-electron chi connectivity index (χ0n) is 12.4. The molecule has 2 rings (SSSR count). The molecule has 0 bridgehead atoms. The van der Waals surface area contributed by atoms with E-state index in [1.165, 1.54) is 6.20 Å². The zero-order valence-corrected chi connectivity index (χ0v) is 13.2. The highest BCUT2D eigenvalue weighted by molar-refractivity contribution is 7.99. The highest BCUT2D eigenvalue weighted by atomic mass is 32.2. The van der Waals surface area contributed by atoms with Crippen molar-refractivity contribution in [1.82, 2.24) is 14.7 Å². The molecule has 1 aromatic heterocycles. The summed E-state index contributed by atoms with van der Waals surface area (Å²) < 4.78 is 1.72. The molecule has 1 amide bonds. The van der Waals surface area contributed by atoms with Gasteiger partial charge in [-0.05, 0) is 19.1 Å². The number of carboxylic acid groups (broad SMARTS) is 1. The van der Waals surface area contributed by atoms with Gasteiger partial charge < -0.3 is 10.0 Å². The fourth-order valence-corrected chi connectivity index (χ4v) is 2.80. The summed E-state index contributed by atoms with van der Waals surface area (Å²) in [6, 6.07) is 0.181. The summed E-state index contributed by atoms with van der Waals surface area (Å²) >= 11 is 1.70. The zero-order chi connectivity index (χ0) is 15.4. The first-order chi connectivity index (χ1) is 10.0. The van der Waals surface area contributed by atoms with E-state index in [-0.39, 0.29) is 17.5 Å². The van der Waals surface area contributed by atoms with Crippen LogP contribution >= 0.6 is 11.8 Å². The van der Waals surface area contributed by atoms with E-state index in [0.29, 0.717) is 24.8 Å². The van der Waals surface area contributed by atoms with Gasteiger partial charge in [0.2, 0.25) is 5.91 Å². The van der Waals surface area contributed by atoms with Gasteiger partial charge in [0.15, 0.2) is 0 Å². The maximum absolute atomic E-state index is 12.1. The van der Waals surface area contributed by atoms with Crippen molar-refractivity contribution >= 4 is 23.6 Å². The molecule has 116 valence electrons. The summed E-state index contributed by atoms with van der Waals surface area (Å²) in [4.78, 5) is 24.9. The number of nitrogens with zero attached hydrogens (tertiary/aromatic N) is 3. The van der Waals surface area contributed by atoms with E-state index in [1.54, 1.807) is 22.6 Å². The molecular formula is C14H21N3O3S. The van der Waals surface area contributed by atoms with E-state index in [1.807, 2.05) is 11.2 Å². The molecule has 0 spiro atoms. The van der Waals surface area contributed by atoms with Crippen molar-refractivity contribution in [3.8, 4) is 0 Å². The van der Waals surface area contributed by atoms with E-state index < -0.39 is 5.97 Å². The van der Waals surface area contributed by atoms with Crippen molar-refractivity contribution in [2.45, 2.75) is 37.5 Å². The van der Waals surface area contributed by atoms with Gasteiger partial charge in [0.1, 0.15) is 0 Å². The van der Waals surface area contributed by atoms with Crippen molar-refractivity contribution < 1.29 is 14.7 Å². The van der Waals surface area contributed by atoms with Crippen LogP contribution in [0.5, 0.6) is 0 Å². The highest BCUT2D eigenvalue weighted by Gasteiger charge is 2.25. The Bertz CT molecular complexity index is 509. The SMILES string of the molecule is CSC(C)CC(=O)N1CCC(n2cc(C(=O)O)cn2)CC1. The van der Waals surface area contributed by atoms with Crippen LogP contribution in [0, 0.1) is 0 Å². The van der Waals surface area contributed by atoms with E-state index in [9.17, 15) is 9.59 Å². The molecule has 0 aliphatic carbocycles. The molecule has 1 aliphatic rings. The lowest BCUT2D eigenvalue weighted by Crippen LogP contribution is -2.39. The van der Waals surface area contributed by atoms with E-state index >= 15 is 0 Å². The Morgan fingerprint density at radius 2 is 2.14 bits per heavy atom. The number of aromatic carboxylic acids is 1. The number of hydrogen-bond donors (Lipinski definition) is 1. The Morgan fingerprint density at radius 1 is 1.48 bits per heavy atom. The monoisotopic (exact) mass is 311 g/mol. The van der Waals surface area contributed by atoms with Crippen molar-refractivity contribution in [2.24, 2.45) is 0 Å². The van der Waals surface area contributed by atoms with Crippen LogP contribution in [0.15, 0.2) is 12.4 Å². The molecule has 1 N–H and O–H groups in total. The van der Waals surface area contributed by atoms with Crippen LogP contribution in [0.4, 0.5) is 0 Å². The summed E-state index contributed by atoms with van der Waals surface area (Å²) in [6.07, 6.45) is 7.18. The number of piperidine rings is 1. The summed E-state index contributed by atoms with van der Waals surface area (Å²) in [5.41, 5.74) is 0.210. The van der Waals surface area contributed by atoms with Gasteiger partial charge >= 0.3 is 5.97 Å². The normalized spacial score (nSPS) is 17.7. The van der Waals surface area contributed by atoms with Crippen LogP contribution < -0.4 is 0 Å². The minimum atomic E-state index is -0.958. The van der Waals surface area contributed by atoms with Crippen LogP contribution in [-0.2, 0) is 4.79 Å². The third-order valence-electron chi connectivity index (χ3n) is 3.90. The predicted octanol–water partition coefficient (Wildman–Crippen LogP) is 1.89. The molecule has 2 heterocycles. The van der Waals surface area contributed by atoms with E-state index in [0.717, 1.165) is 12.8 Å². The topological polar surface area (TPSA) is 75.4 Å². The van der Waals surface area contributed by atoms with E-state index in [2.05, 4.69) is 12.0 Å². The van der Waals surface area contributed by atoms with Gasteiger partial charge in [0.05, 0.1) is 17.8 Å². The van der Waals surface area contributed by atoms with Gasteiger partial charge in [-0.1, -0.05) is 6.92 Å². The van der Waals surface area contributed by atoms with Crippen molar-refractivity contribution in [2.75, 3.05) is 19.3 Å². The molecule has 1 unspecified atom stereocenters. The quantitative estimate of drug-likeness (QED) is 0.898. The molecule has 0 saturated carbocycles. The molecule has 21 heavy (non-hydrogen) atoms. The molecule has 7 heteroatoms. The molecule has 1 aromatic rings. The summed E-state index contributed by atoms with van der Waals surface area (Å²) in [5, 5.41) is 13.4. The summed E-state index contributed by atoms with van der Waals surface area (Å²) in [6.45, 7) is 3.49. The largest absolute Gasteiger partial charge is 0.478 e. The standard InChI is InChI=1S/C14H21N3O3S/c1-10(21-2)7-13(18)16-5-3-12(4-6-16)17-9-11(8-15-17)14(19)20/h8-10,12H,3-7H2,1-2H3,(H,19,20). The first-order valence-electron chi connectivity index (χ1n) is 7.09. The van der Waals surface area contributed by atoms with Gasteiger partial charge in [-0.25, -0.2) is 4.79 Å². The summed E-state index contributed by atoms with van der Waals surface area (Å²) in [5.74, 6) is -0.748. The number of likely N-dealkylation sites (tertiary alicyclic amines) is 1. The number of thioether (sulfide) groups is 1. The smallest absolute Gasteiger partial charge is 0.338 e. The second-order valence-electron chi connectivity index (χ2n) is 5.38. The number of carboxylic acids is 1. The Balaban J connectivity index is 1.87. The molecule has 6 nitrogen and oxygen atoms in total. The maximum Gasteiger partial charge on any atom is 0.338 e. The van der Waals surface area contributed by atoms with Crippen LogP contribution in [-0.4, -0.2) is 56.3 Å². The summed E-state index contributed by atoms with van der Waals surface area (Å²) in [7, 11) is 0. The molecule has 0 aromatic carbocycles. The fourth-order valence-electron chi connectivity index (χ4n) is 2.49. The van der Waals surface area contributed by atoms with Gasteiger partial charge in [-0.3, -0.25) is 9.48 Å². The average molecular weight is 311 g/mol. The van der Waals surface area contributed by atoms with Gasteiger partial charge in [0.25, 0.3) is 0 Å². The minimum absolute atomic E-state index is 0.181.